The molecule has 0 saturated carbocycles. The molecule has 2 aliphatic rings. The molecule has 2 fully saturated rings. The average molecular weight is 206 g/mol. The number of hydrogen-bond donors (Lipinski definition) is 2. The fourth-order valence-electron chi connectivity index (χ4n) is 2.26. The van der Waals surface area contributed by atoms with Crippen molar-refractivity contribution in [1.29, 1.82) is 0 Å². The number of piperidine rings is 1. The van der Waals surface area contributed by atoms with Crippen LogP contribution in [0.2, 0.25) is 0 Å². The van der Waals surface area contributed by atoms with Gasteiger partial charge in [-0.1, -0.05) is 6.42 Å². The van der Waals surface area contributed by atoms with Gasteiger partial charge >= 0.3 is 0 Å². The summed E-state index contributed by atoms with van der Waals surface area (Å²) < 4.78 is 0. The summed E-state index contributed by atoms with van der Waals surface area (Å²) in [6.07, 6.45) is 4.05. The third-order valence-corrected chi connectivity index (χ3v) is 3.17. The molecule has 2 aliphatic heterocycles. The maximum absolute atomic E-state index is 5.75. The first kappa shape index (κ1) is 11.2. The predicted molar refractivity (Wildman–Crippen MR) is 57.3 cm³/mol. The Bertz CT molecular complexity index is 150. The van der Waals surface area contributed by atoms with Crippen LogP contribution in [0.1, 0.15) is 19.3 Å². The Hall–Kier alpha value is 0.170. The van der Waals surface area contributed by atoms with E-state index in [9.17, 15) is 0 Å². The molecule has 0 aliphatic carbocycles. The van der Waals surface area contributed by atoms with Crippen molar-refractivity contribution in [2.75, 3.05) is 26.2 Å². The van der Waals surface area contributed by atoms with E-state index in [4.69, 9.17) is 5.73 Å². The summed E-state index contributed by atoms with van der Waals surface area (Å²) in [6, 6.07) is 1.46. The first-order valence-corrected chi connectivity index (χ1v) is 5.08. The molecule has 3 N–H and O–H groups in total. The summed E-state index contributed by atoms with van der Waals surface area (Å²) in [6.45, 7) is 4.47. The van der Waals surface area contributed by atoms with E-state index in [2.05, 4.69) is 10.2 Å². The van der Waals surface area contributed by atoms with Gasteiger partial charge in [0.05, 0.1) is 0 Å². The van der Waals surface area contributed by atoms with Crippen LogP contribution in [0.4, 0.5) is 0 Å². The molecule has 2 saturated heterocycles. The van der Waals surface area contributed by atoms with E-state index in [0.29, 0.717) is 6.04 Å². The van der Waals surface area contributed by atoms with Crippen molar-refractivity contribution in [3.63, 3.8) is 0 Å². The highest BCUT2D eigenvalue weighted by molar-refractivity contribution is 5.85. The Morgan fingerprint density at radius 3 is 2.62 bits per heavy atom. The Labute approximate surface area is 86.4 Å². The molecule has 3 nitrogen and oxygen atoms in total. The second-order valence-electron chi connectivity index (χ2n) is 3.94. The average Bonchev–Trinajstić information content (AvgIpc) is 2.02. The molecule has 13 heavy (non-hydrogen) atoms. The van der Waals surface area contributed by atoms with Gasteiger partial charge in [-0.15, -0.1) is 12.4 Å². The van der Waals surface area contributed by atoms with Gasteiger partial charge in [0, 0.05) is 31.7 Å². The molecular formula is C9H20ClN3. The van der Waals surface area contributed by atoms with E-state index >= 15 is 0 Å². The van der Waals surface area contributed by atoms with Crippen molar-refractivity contribution in [3.8, 4) is 0 Å². The third-order valence-electron chi connectivity index (χ3n) is 3.17. The minimum absolute atomic E-state index is 0. The number of nitrogens with zero attached hydrogens (tertiary/aromatic N) is 1. The lowest BCUT2D eigenvalue weighted by Crippen LogP contribution is -2.62. The largest absolute Gasteiger partial charge is 0.329 e. The monoisotopic (exact) mass is 205 g/mol. The SMILES string of the molecule is Cl.NCC1CCCCN1C1CNC1. The molecule has 2 heterocycles. The zero-order valence-electron chi connectivity index (χ0n) is 8.04. The van der Waals surface area contributed by atoms with Crippen molar-refractivity contribution in [3.05, 3.63) is 0 Å². The van der Waals surface area contributed by atoms with E-state index in [1.165, 1.54) is 38.9 Å². The molecule has 0 amide bonds. The first-order chi connectivity index (χ1) is 5.92. The Morgan fingerprint density at radius 2 is 2.08 bits per heavy atom. The maximum Gasteiger partial charge on any atom is 0.0348 e. The summed E-state index contributed by atoms with van der Waals surface area (Å²) in [7, 11) is 0. The lowest BCUT2D eigenvalue weighted by Gasteiger charge is -2.45. The van der Waals surface area contributed by atoms with Crippen LogP contribution in [0.25, 0.3) is 0 Å². The standard InChI is InChI=1S/C9H19N3.ClH/c10-5-8-3-1-2-4-12(8)9-6-11-7-9;/h8-9,11H,1-7,10H2;1H. The highest BCUT2D eigenvalue weighted by Gasteiger charge is 2.30. The smallest absolute Gasteiger partial charge is 0.0348 e. The van der Waals surface area contributed by atoms with Crippen LogP contribution in [-0.4, -0.2) is 43.2 Å². The lowest BCUT2D eigenvalue weighted by molar-refractivity contribution is 0.0691. The van der Waals surface area contributed by atoms with Crippen molar-refractivity contribution in [2.45, 2.75) is 31.3 Å². The lowest BCUT2D eigenvalue weighted by atomic mass is 9.98. The number of nitrogens with two attached hydrogens (primary N) is 1. The van der Waals surface area contributed by atoms with Crippen molar-refractivity contribution >= 4 is 12.4 Å². The van der Waals surface area contributed by atoms with Crippen molar-refractivity contribution in [2.24, 2.45) is 5.73 Å². The fraction of sp³-hybridized carbons (Fsp3) is 1.00. The van der Waals surface area contributed by atoms with Crippen LogP contribution in [0.15, 0.2) is 0 Å². The number of rotatable bonds is 2. The minimum Gasteiger partial charge on any atom is -0.329 e. The zero-order valence-corrected chi connectivity index (χ0v) is 8.85. The van der Waals surface area contributed by atoms with Gasteiger partial charge in [0.2, 0.25) is 0 Å². The molecular weight excluding hydrogens is 186 g/mol. The van der Waals surface area contributed by atoms with E-state index in [0.717, 1.165) is 12.6 Å². The van der Waals surface area contributed by atoms with Gasteiger partial charge in [0.15, 0.2) is 0 Å². The Balaban J connectivity index is 0.000000845. The van der Waals surface area contributed by atoms with Gasteiger partial charge in [-0.2, -0.15) is 0 Å². The molecule has 1 atom stereocenters. The van der Waals surface area contributed by atoms with Gasteiger partial charge < -0.3 is 11.1 Å². The van der Waals surface area contributed by atoms with E-state index in [1.807, 2.05) is 0 Å². The van der Waals surface area contributed by atoms with Crippen LogP contribution in [0.3, 0.4) is 0 Å². The van der Waals surface area contributed by atoms with Crippen LogP contribution >= 0.6 is 12.4 Å². The summed E-state index contributed by atoms with van der Waals surface area (Å²) in [5.74, 6) is 0. The Morgan fingerprint density at radius 1 is 1.31 bits per heavy atom. The summed E-state index contributed by atoms with van der Waals surface area (Å²) >= 11 is 0. The first-order valence-electron chi connectivity index (χ1n) is 5.08. The summed E-state index contributed by atoms with van der Waals surface area (Å²) in [5, 5.41) is 3.32. The van der Waals surface area contributed by atoms with Crippen LogP contribution in [-0.2, 0) is 0 Å². The molecule has 0 spiro atoms. The minimum atomic E-state index is 0. The van der Waals surface area contributed by atoms with Gasteiger partial charge in [0.25, 0.3) is 0 Å². The molecule has 0 radical (unpaired) electrons. The van der Waals surface area contributed by atoms with Crippen molar-refractivity contribution < 1.29 is 0 Å². The molecule has 0 aromatic rings. The van der Waals surface area contributed by atoms with Crippen LogP contribution < -0.4 is 11.1 Å². The molecule has 78 valence electrons. The third kappa shape index (κ3) is 2.34. The van der Waals surface area contributed by atoms with Gasteiger partial charge in [-0.3, -0.25) is 4.90 Å². The highest BCUT2D eigenvalue weighted by Crippen LogP contribution is 2.20. The molecule has 0 bridgehead atoms. The second-order valence-corrected chi connectivity index (χ2v) is 3.94. The van der Waals surface area contributed by atoms with E-state index in [-0.39, 0.29) is 12.4 Å². The van der Waals surface area contributed by atoms with E-state index < -0.39 is 0 Å². The summed E-state index contributed by atoms with van der Waals surface area (Å²) in [5.41, 5.74) is 5.75. The maximum atomic E-state index is 5.75. The predicted octanol–water partition coefficient (Wildman–Crippen LogP) is 0.193. The van der Waals surface area contributed by atoms with Gasteiger partial charge in [0.1, 0.15) is 0 Å². The number of nitrogens with one attached hydrogen (secondary N) is 1. The van der Waals surface area contributed by atoms with Crippen molar-refractivity contribution in [1.82, 2.24) is 10.2 Å². The molecule has 1 unspecified atom stereocenters. The second kappa shape index (κ2) is 5.15. The topological polar surface area (TPSA) is 41.3 Å². The molecule has 4 heteroatoms. The highest BCUT2D eigenvalue weighted by atomic mass is 35.5. The number of likely N-dealkylation sites (tertiary alicyclic amines) is 1. The van der Waals surface area contributed by atoms with Crippen LogP contribution in [0.5, 0.6) is 0 Å². The molecule has 0 aromatic heterocycles. The van der Waals surface area contributed by atoms with E-state index in [1.54, 1.807) is 0 Å². The number of halogens is 1. The van der Waals surface area contributed by atoms with Gasteiger partial charge in [-0.05, 0) is 19.4 Å². The molecule has 2 rings (SSSR count). The number of hydrogen-bond acceptors (Lipinski definition) is 3. The Kier molecular flexibility index (Phi) is 4.46. The van der Waals surface area contributed by atoms with Crippen LogP contribution in [0, 0.1) is 0 Å². The molecule has 0 aromatic carbocycles. The zero-order chi connectivity index (χ0) is 8.39. The van der Waals surface area contributed by atoms with Gasteiger partial charge in [-0.25, -0.2) is 0 Å². The fourth-order valence-corrected chi connectivity index (χ4v) is 2.26. The normalized spacial score (nSPS) is 30.7. The quantitative estimate of drug-likeness (QED) is 0.677. The summed E-state index contributed by atoms with van der Waals surface area (Å²) in [4.78, 5) is 2.61.